The van der Waals surface area contributed by atoms with Crippen LogP contribution in [0.1, 0.15) is 18.5 Å². The van der Waals surface area contributed by atoms with Gasteiger partial charge in [0.15, 0.2) is 11.6 Å². The molecule has 2 aromatic heterocycles. The molecule has 0 aliphatic carbocycles. The van der Waals surface area contributed by atoms with Crippen molar-refractivity contribution in [3.63, 3.8) is 0 Å². The van der Waals surface area contributed by atoms with E-state index in [2.05, 4.69) is 35.1 Å². The number of rotatable bonds is 6. The van der Waals surface area contributed by atoms with Crippen LogP contribution in [0.15, 0.2) is 12.3 Å². The van der Waals surface area contributed by atoms with Crippen molar-refractivity contribution in [2.24, 2.45) is 0 Å². The van der Waals surface area contributed by atoms with Gasteiger partial charge in [0.2, 0.25) is 11.6 Å². The molecule has 11 heteroatoms. The second-order valence-corrected chi connectivity index (χ2v) is 5.76. The molecule has 1 fully saturated rings. The van der Waals surface area contributed by atoms with E-state index in [0.717, 1.165) is 25.9 Å². The van der Waals surface area contributed by atoms with Crippen molar-refractivity contribution >= 4 is 11.6 Å². The fourth-order valence-corrected chi connectivity index (χ4v) is 2.51. The average Bonchev–Trinajstić information content (AvgIpc) is 3.03. The van der Waals surface area contributed by atoms with E-state index in [4.69, 9.17) is 4.74 Å². The Kier molecular flexibility index (Phi) is 5.43. The van der Waals surface area contributed by atoms with Gasteiger partial charge in [0.1, 0.15) is 12.2 Å². The van der Waals surface area contributed by atoms with Crippen LogP contribution in [0.4, 0.5) is 20.4 Å². The zero-order chi connectivity index (χ0) is 18.5. The number of nitrogens with one attached hydrogen (secondary N) is 2. The summed E-state index contributed by atoms with van der Waals surface area (Å²) in [5.74, 6) is 0.422. The number of hydrogen-bond donors (Lipinski definition) is 2. The summed E-state index contributed by atoms with van der Waals surface area (Å²) in [7, 11) is 2.04. The van der Waals surface area contributed by atoms with Crippen LogP contribution in [-0.2, 0) is 0 Å². The minimum Gasteiger partial charge on any atom is -0.472 e. The highest BCUT2D eigenvalue weighted by Gasteiger charge is 2.21. The molecule has 0 amide bonds. The number of alkyl halides is 2. The molecule has 0 bridgehead atoms. The molecule has 0 atom stereocenters. The number of aromatic nitrogens is 4. The van der Waals surface area contributed by atoms with Crippen LogP contribution in [0.25, 0.3) is 0 Å². The summed E-state index contributed by atoms with van der Waals surface area (Å²) < 4.78 is 34.4. The topological polar surface area (TPSA) is 112 Å². The molecule has 2 N–H and O–H groups in total. The number of ether oxygens (including phenoxy) is 2. The third-order valence-corrected chi connectivity index (χ3v) is 3.82. The number of nitriles is 1. The van der Waals surface area contributed by atoms with Gasteiger partial charge in [0.05, 0.1) is 6.20 Å². The highest BCUT2D eigenvalue weighted by atomic mass is 19.3. The van der Waals surface area contributed by atoms with Gasteiger partial charge in [-0.1, -0.05) is 0 Å². The third kappa shape index (κ3) is 4.54. The Hall–Kier alpha value is -3.00. The molecule has 0 aromatic carbocycles. The normalized spacial score (nSPS) is 15.7. The molecule has 1 aliphatic heterocycles. The predicted molar refractivity (Wildman–Crippen MR) is 86.4 cm³/mol. The summed E-state index contributed by atoms with van der Waals surface area (Å²) in [6.45, 7) is -1.15. The molecule has 1 aliphatic rings. The zero-order valence-electron chi connectivity index (χ0n) is 13.9. The number of halogens is 2. The first-order valence-corrected chi connectivity index (χ1v) is 7.93. The van der Waals surface area contributed by atoms with E-state index < -0.39 is 6.61 Å². The first-order valence-electron chi connectivity index (χ1n) is 7.93. The van der Waals surface area contributed by atoms with E-state index in [-0.39, 0.29) is 35.2 Å². The Bertz CT molecular complexity index is 785. The lowest BCUT2D eigenvalue weighted by molar-refractivity contribution is -0.0528. The number of hydrogen-bond acceptors (Lipinski definition) is 8. The molecule has 2 aromatic rings. The van der Waals surface area contributed by atoms with Crippen molar-refractivity contribution in [3.05, 3.63) is 18.0 Å². The standard InChI is InChI=1S/C15H17F2N7O2/c1-24-4-2-9(3-5-24)25-14-10(7-18)19-8-12(21-14)20-11-6-13(23-22-11)26-15(16)17/h6,8-9,15H,2-5H2,1H3,(H2,20,21,22,23). The van der Waals surface area contributed by atoms with Crippen molar-refractivity contribution in [3.8, 4) is 17.8 Å². The zero-order valence-corrected chi connectivity index (χ0v) is 13.9. The molecule has 0 spiro atoms. The smallest absolute Gasteiger partial charge is 0.388 e. The van der Waals surface area contributed by atoms with Crippen molar-refractivity contribution in [2.45, 2.75) is 25.6 Å². The van der Waals surface area contributed by atoms with E-state index in [0.29, 0.717) is 0 Å². The summed E-state index contributed by atoms with van der Waals surface area (Å²) in [6, 6.07) is 3.20. The lowest BCUT2D eigenvalue weighted by Crippen LogP contribution is -2.36. The monoisotopic (exact) mass is 365 g/mol. The second kappa shape index (κ2) is 7.92. The molecule has 0 saturated carbocycles. The van der Waals surface area contributed by atoms with Gasteiger partial charge < -0.3 is 19.7 Å². The molecule has 3 heterocycles. The van der Waals surface area contributed by atoms with E-state index in [1.807, 2.05) is 13.1 Å². The fourth-order valence-electron chi connectivity index (χ4n) is 2.51. The number of aromatic amines is 1. The summed E-state index contributed by atoms with van der Waals surface area (Å²) >= 11 is 0. The van der Waals surface area contributed by atoms with Gasteiger partial charge in [-0.05, 0) is 19.9 Å². The van der Waals surface area contributed by atoms with Crippen LogP contribution in [0.2, 0.25) is 0 Å². The highest BCUT2D eigenvalue weighted by Crippen LogP contribution is 2.23. The molecule has 138 valence electrons. The Balaban J connectivity index is 1.70. The first kappa shape index (κ1) is 17.8. The van der Waals surface area contributed by atoms with Gasteiger partial charge in [-0.2, -0.15) is 24.1 Å². The number of piperidine rings is 1. The molecule has 26 heavy (non-hydrogen) atoms. The average molecular weight is 365 g/mol. The summed E-state index contributed by atoms with van der Waals surface area (Å²) in [4.78, 5) is 10.5. The van der Waals surface area contributed by atoms with E-state index >= 15 is 0 Å². The van der Waals surface area contributed by atoms with E-state index in [1.54, 1.807) is 0 Å². The van der Waals surface area contributed by atoms with Gasteiger partial charge in [-0.3, -0.25) is 0 Å². The Morgan fingerprint density at radius 1 is 1.38 bits per heavy atom. The molecule has 9 nitrogen and oxygen atoms in total. The first-order chi connectivity index (χ1) is 12.5. The third-order valence-electron chi connectivity index (χ3n) is 3.82. The van der Waals surface area contributed by atoms with Crippen molar-refractivity contribution in [2.75, 3.05) is 25.5 Å². The maximum atomic E-state index is 12.2. The van der Waals surface area contributed by atoms with Gasteiger partial charge in [0.25, 0.3) is 5.88 Å². The summed E-state index contributed by atoms with van der Waals surface area (Å²) in [5, 5.41) is 18.1. The number of nitrogens with zero attached hydrogens (tertiary/aromatic N) is 5. The molecule has 3 rings (SSSR count). The van der Waals surface area contributed by atoms with Gasteiger partial charge in [-0.25, -0.2) is 10.1 Å². The van der Waals surface area contributed by atoms with E-state index in [1.165, 1.54) is 12.3 Å². The summed E-state index contributed by atoms with van der Waals surface area (Å²) in [6.07, 6.45) is 2.95. The Labute approximate surface area is 147 Å². The van der Waals surface area contributed by atoms with Crippen LogP contribution >= 0.6 is 0 Å². The fraction of sp³-hybridized carbons (Fsp3) is 0.467. The van der Waals surface area contributed by atoms with Crippen molar-refractivity contribution in [1.82, 2.24) is 25.1 Å². The van der Waals surface area contributed by atoms with Crippen LogP contribution in [0.3, 0.4) is 0 Å². The Morgan fingerprint density at radius 2 is 2.15 bits per heavy atom. The van der Waals surface area contributed by atoms with Gasteiger partial charge in [-0.15, -0.1) is 0 Å². The van der Waals surface area contributed by atoms with Crippen LogP contribution < -0.4 is 14.8 Å². The maximum Gasteiger partial charge on any atom is 0.388 e. The largest absolute Gasteiger partial charge is 0.472 e. The number of anilines is 2. The van der Waals surface area contributed by atoms with Gasteiger partial charge >= 0.3 is 6.61 Å². The maximum absolute atomic E-state index is 12.2. The number of H-pyrrole nitrogens is 1. The minimum absolute atomic E-state index is 0.0423. The molecule has 0 radical (unpaired) electrons. The molecular formula is C15H17F2N7O2. The molecule has 0 unspecified atom stereocenters. The van der Waals surface area contributed by atoms with Crippen molar-refractivity contribution in [1.29, 1.82) is 5.26 Å². The van der Waals surface area contributed by atoms with Crippen LogP contribution in [0, 0.1) is 11.3 Å². The summed E-state index contributed by atoms with van der Waals surface area (Å²) in [5.41, 5.74) is 0.0817. The van der Waals surface area contributed by atoms with Crippen molar-refractivity contribution < 1.29 is 18.3 Å². The van der Waals surface area contributed by atoms with Crippen LogP contribution in [0.5, 0.6) is 11.8 Å². The minimum atomic E-state index is -2.95. The second-order valence-electron chi connectivity index (χ2n) is 5.76. The van der Waals surface area contributed by atoms with E-state index in [9.17, 15) is 14.0 Å². The number of likely N-dealkylation sites (tertiary alicyclic amines) is 1. The quantitative estimate of drug-likeness (QED) is 0.798. The lowest BCUT2D eigenvalue weighted by Gasteiger charge is -2.29. The van der Waals surface area contributed by atoms with Crippen LogP contribution in [-0.4, -0.2) is 57.9 Å². The molecular weight excluding hydrogens is 348 g/mol. The lowest BCUT2D eigenvalue weighted by atomic mass is 10.1. The van der Waals surface area contributed by atoms with Gasteiger partial charge in [0, 0.05) is 19.2 Å². The highest BCUT2D eigenvalue weighted by molar-refractivity contribution is 5.53. The predicted octanol–water partition coefficient (Wildman–Crippen LogP) is 1.89. The Morgan fingerprint density at radius 3 is 2.85 bits per heavy atom. The molecule has 1 saturated heterocycles. The SMILES string of the molecule is CN1CCC(Oc2nc(Nc3cc(OC(F)F)[nH]n3)cnc2C#N)CC1.